The van der Waals surface area contributed by atoms with Crippen LogP contribution >= 0.6 is 0 Å². The molecule has 1 amide bonds. The van der Waals surface area contributed by atoms with Crippen molar-refractivity contribution in [2.75, 3.05) is 30.3 Å². The molecule has 0 spiro atoms. The summed E-state index contributed by atoms with van der Waals surface area (Å²) >= 11 is 0. The number of H-pyrrole nitrogens is 1. The Morgan fingerprint density at radius 3 is 2.48 bits per heavy atom. The number of aromatic nitrogens is 2. The first-order valence-electron chi connectivity index (χ1n) is 13.5. The van der Waals surface area contributed by atoms with E-state index in [1.807, 2.05) is 49.5 Å². The molecule has 1 aromatic heterocycles. The number of aryl methyl sites for hydroxylation is 1. The van der Waals surface area contributed by atoms with Crippen molar-refractivity contribution in [1.82, 2.24) is 14.9 Å². The minimum Gasteiger partial charge on any atom is -0.354 e. The van der Waals surface area contributed by atoms with Crippen molar-refractivity contribution in [2.45, 2.75) is 26.2 Å². The number of fused-ring (bicyclic) bond motifs is 1. The Morgan fingerprint density at radius 1 is 1.05 bits per heavy atom. The van der Waals surface area contributed by atoms with Crippen LogP contribution in [0, 0.1) is 17.0 Å². The lowest BCUT2D eigenvalue weighted by Crippen LogP contribution is -2.21. The summed E-state index contributed by atoms with van der Waals surface area (Å²) in [5.74, 6) is 0.535. The topological polar surface area (TPSA) is 116 Å². The first kappa shape index (κ1) is 25.5. The summed E-state index contributed by atoms with van der Waals surface area (Å²) in [4.78, 5) is 34.4. The molecule has 2 aliphatic heterocycles. The molecule has 3 heterocycles. The van der Waals surface area contributed by atoms with E-state index in [0.717, 1.165) is 54.4 Å². The van der Waals surface area contributed by atoms with Crippen LogP contribution in [0.2, 0.25) is 0 Å². The summed E-state index contributed by atoms with van der Waals surface area (Å²) in [6, 6.07) is 20.5. The number of carbonyl (C=O) groups is 1. The van der Waals surface area contributed by atoms with Gasteiger partial charge in [-0.1, -0.05) is 36.4 Å². The molecule has 0 unspecified atom stereocenters. The van der Waals surface area contributed by atoms with Gasteiger partial charge in [0.2, 0.25) is 0 Å². The van der Waals surface area contributed by atoms with E-state index in [4.69, 9.17) is 0 Å². The number of non-ortho nitro benzene ring substituents is 1. The predicted molar refractivity (Wildman–Crippen MR) is 157 cm³/mol. The van der Waals surface area contributed by atoms with Crippen LogP contribution < -0.4 is 10.6 Å². The minimum absolute atomic E-state index is 0.0667. The summed E-state index contributed by atoms with van der Waals surface area (Å²) in [7, 11) is 0. The van der Waals surface area contributed by atoms with Crippen LogP contribution in [-0.4, -0.2) is 45.3 Å². The van der Waals surface area contributed by atoms with Gasteiger partial charge in [0.05, 0.1) is 21.9 Å². The Morgan fingerprint density at radius 2 is 1.80 bits per heavy atom. The monoisotopic (exact) mass is 534 g/mol. The number of carbonyl (C=O) groups excluding carboxylic acids is 1. The van der Waals surface area contributed by atoms with Crippen LogP contribution in [0.3, 0.4) is 0 Å². The summed E-state index contributed by atoms with van der Waals surface area (Å²) in [5.41, 5.74) is 6.59. The Balaban J connectivity index is 1.36. The lowest BCUT2D eigenvalue weighted by molar-refractivity contribution is -0.384. The Hall–Kier alpha value is -4.76. The zero-order chi connectivity index (χ0) is 27.6. The summed E-state index contributed by atoms with van der Waals surface area (Å²) in [6.07, 6.45) is 5.36. The van der Waals surface area contributed by atoms with Gasteiger partial charge in [0.1, 0.15) is 5.82 Å². The summed E-state index contributed by atoms with van der Waals surface area (Å²) in [5, 5.41) is 17.8. The zero-order valence-electron chi connectivity index (χ0n) is 22.2. The number of nitro benzene ring substituents is 1. The van der Waals surface area contributed by atoms with E-state index < -0.39 is 4.92 Å². The van der Waals surface area contributed by atoms with Crippen molar-refractivity contribution >= 4 is 34.2 Å². The van der Waals surface area contributed by atoms with Crippen molar-refractivity contribution in [2.24, 2.45) is 0 Å². The third-order valence-electron chi connectivity index (χ3n) is 7.52. The fraction of sp³-hybridized carbons (Fsp3) is 0.226. The molecule has 3 N–H and O–H groups in total. The number of aromatic amines is 1. The fourth-order valence-electron chi connectivity index (χ4n) is 5.36. The van der Waals surface area contributed by atoms with Gasteiger partial charge >= 0.3 is 0 Å². The van der Waals surface area contributed by atoms with Crippen molar-refractivity contribution in [1.29, 1.82) is 0 Å². The SMILES string of the molecule is Cc1nc(-c2ccc(N/C(=C3\C(=O)Nc4ccc([N+](=O)[O-])cc43)c3ccc(CCN4CCCC4)cc3)cc2)c[nH]1. The molecule has 0 atom stereocenters. The van der Waals surface area contributed by atoms with E-state index >= 15 is 0 Å². The highest BCUT2D eigenvalue weighted by atomic mass is 16.6. The predicted octanol–water partition coefficient (Wildman–Crippen LogP) is 5.86. The highest BCUT2D eigenvalue weighted by molar-refractivity contribution is 6.37. The molecular weight excluding hydrogens is 504 g/mol. The zero-order valence-corrected chi connectivity index (χ0v) is 22.2. The van der Waals surface area contributed by atoms with Gasteiger partial charge in [0.15, 0.2) is 0 Å². The molecule has 1 fully saturated rings. The second-order valence-electron chi connectivity index (χ2n) is 10.3. The maximum atomic E-state index is 13.3. The van der Waals surface area contributed by atoms with Gasteiger partial charge in [-0.15, -0.1) is 0 Å². The number of likely N-dealkylation sites (tertiary alicyclic amines) is 1. The Labute approximate surface area is 232 Å². The molecule has 0 aliphatic carbocycles. The van der Waals surface area contributed by atoms with E-state index in [9.17, 15) is 14.9 Å². The van der Waals surface area contributed by atoms with Crippen LogP contribution in [0.4, 0.5) is 17.1 Å². The summed E-state index contributed by atoms with van der Waals surface area (Å²) < 4.78 is 0. The Bertz CT molecular complexity index is 1600. The Kier molecular flexibility index (Phi) is 6.88. The van der Waals surface area contributed by atoms with E-state index in [2.05, 4.69) is 37.6 Å². The van der Waals surface area contributed by atoms with Crippen LogP contribution in [-0.2, 0) is 11.2 Å². The molecule has 0 bridgehead atoms. The second-order valence-corrected chi connectivity index (χ2v) is 10.3. The van der Waals surface area contributed by atoms with Crippen molar-refractivity contribution < 1.29 is 9.72 Å². The summed E-state index contributed by atoms with van der Waals surface area (Å²) in [6.45, 7) is 5.27. The number of nitrogens with one attached hydrogen (secondary N) is 3. The maximum absolute atomic E-state index is 13.3. The van der Waals surface area contributed by atoms with Crippen molar-refractivity contribution in [3.05, 3.63) is 106 Å². The van der Waals surface area contributed by atoms with Gasteiger partial charge in [0, 0.05) is 47.4 Å². The number of amides is 1. The van der Waals surface area contributed by atoms with Gasteiger partial charge in [-0.25, -0.2) is 4.98 Å². The standard InChI is InChI=1S/C31H30N6O3/c1-20-32-19-28(33-20)22-8-10-24(11-9-22)34-30(23-6-4-21(5-7-23)14-17-36-15-2-3-16-36)29-26-18-25(37(39)40)12-13-27(26)35-31(29)38/h4-13,18-19,34H,2-3,14-17H2,1H3,(H,32,33)(H,35,38)/b30-29-. The van der Waals surface area contributed by atoms with E-state index in [0.29, 0.717) is 22.5 Å². The number of anilines is 2. The molecule has 202 valence electrons. The first-order chi connectivity index (χ1) is 19.4. The molecule has 40 heavy (non-hydrogen) atoms. The molecule has 6 rings (SSSR count). The van der Waals surface area contributed by atoms with Gasteiger partial charge in [-0.3, -0.25) is 14.9 Å². The van der Waals surface area contributed by atoms with Crippen molar-refractivity contribution in [3.8, 4) is 11.3 Å². The maximum Gasteiger partial charge on any atom is 0.270 e. The third kappa shape index (κ3) is 5.23. The average molecular weight is 535 g/mol. The normalized spacial score (nSPS) is 16.1. The second kappa shape index (κ2) is 10.8. The fourth-order valence-corrected chi connectivity index (χ4v) is 5.36. The molecule has 0 radical (unpaired) electrons. The largest absolute Gasteiger partial charge is 0.354 e. The minimum atomic E-state index is -0.446. The van der Waals surface area contributed by atoms with E-state index in [-0.39, 0.29) is 11.6 Å². The number of rotatable bonds is 8. The number of hydrogen-bond donors (Lipinski definition) is 3. The average Bonchev–Trinajstić information content (AvgIpc) is 3.71. The molecule has 0 saturated carbocycles. The molecule has 9 nitrogen and oxygen atoms in total. The van der Waals surface area contributed by atoms with E-state index in [1.54, 1.807) is 6.07 Å². The molecule has 3 aromatic carbocycles. The number of nitrogens with zero attached hydrogens (tertiary/aromatic N) is 3. The lowest BCUT2D eigenvalue weighted by Gasteiger charge is -2.17. The van der Waals surface area contributed by atoms with E-state index in [1.165, 1.54) is 30.5 Å². The molecular formula is C31H30N6O3. The number of nitro groups is 1. The first-order valence-corrected chi connectivity index (χ1v) is 13.5. The lowest BCUT2D eigenvalue weighted by atomic mass is 9.98. The molecule has 4 aromatic rings. The molecule has 9 heteroatoms. The van der Waals surface area contributed by atoms with Crippen LogP contribution in [0.15, 0.2) is 72.9 Å². The molecule has 2 aliphatic rings. The van der Waals surface area contributed by atoms with Gasteiger partial charge < -0.3 is 20.5 Å². The van der Waals surface area contributed by atoms with Gasteiger partial charge in [0.25, 0.3) is 11.6 Å². The van der Waals surface area contributed by atoms with Crippen LogP contribution in [0.1, 0.15) is 35.4 Å². The van der Waals surface area contributed by atoms with Crippen LogP contribution in [0.5, 0.6) is 0 Å². The number of benzene rings is 3. The highest BCUT2D eigenvalue weighted by Gasteiger charge is 2.30. The quantitative estimate of drug-likeness (QED) is 0.148. The van der Waals surface area contributed by atoms with Gasteiger partial charge in [-0.05, 0) is 68.6 Å². The highest BCUT2D eigenvalue weighted by Crippen LogP contribution is 2.39. The molecule has 1 saturated heterocycles. The van der Waals surface area contributed by atoms with Gasteiger partial charge in [-0.2, -0.15) is 0 Å². The third-order valence-corrected chi connectivity index (χ3v) is 7.52. The number of imidazole rings is 1. The smallest absolute Gasteiger partial charge is 0.270 e. The van der Waals surface area contributed by atoms with Crippen molar-refractivity contribution in [3.63, 3.8) is 0 Å². The van der Waals surface area contributed by atoms with Crippen LogP contribution in [0.25, 0.3) is 22.5 Å². The number of hydrogen-bond acceptors (Lipinski definition) is 6.